The molecule has 0 bridgehead atoms. The van der Waals surface area contributed by atoms with Crippen molar-refractivity contribution < 1.29 is 18.9 Å². The zero-order valence-electron chi connectivity index (χ0n) is 14.1. The van der Waals surface area contributed by atoms with Gasteiger partial charge in [0.05, 0.1) is 10.6 Å². The van der Waals surface area contributed by atoms with Crippen molar-refractivity contribution in [2.45, 2.75) is 18.9 Å². The summed E-state index contributed by atoms with van der Waals surface area (Å²) in [4.78, 5) is 33.9. The number of anilines is 1. The normalized spacial score (nSPS) is 13.4. The third-order valence-corrected chi connectivity index (χ3v) is 3.93. The number of benzene rings is 2. The molecule has 2 amide bonds. The van der Waals surface area contributed by atoms with Crippen LogP contribution in [-0.2, 0) is 4.79 Å². The van der Waals surface area contributed by atoms with E-state index in [0.717, 1.165) is 31.0 Å². The predicted molar refractivity (Wildman–Crippen MR) is 97.6 cm³/mol. The molecule has 2 N–H and O–H groups in total. The molecule has 0 spiro atoms. The van der Waals surface area contributed by atoms with Gasteiger partial charge in [-0.2, -0.15) is 0 Å². The van der Waals surface area contributed by atoms with Gasteiger partial charge in [0.1, 0.15) is 5.82 Å². The quantitative estimate of drug-likeness (QED) is 0.463. The Labute approximate surface area is 154 Å². The lowest BCUT2D eigenvalue weighted by Gasteiger charge is -2.04. The summed E-state index contributed by atoms with van der Waals surface area (Å²) in [5.74, 6) is -1.54. The minimum absolute atomic E-state index is 0.132. The van der Waals surface area contributed by atoms with Gasteiger partial charge in [-0.3, -0.25) is 19.7 Å². The van der Waals surface area contributed by atoms with Gasteiger partial charge in [-0.05, 0) is 42.7 Å². The van der Waals surface area contributed by atoms with E-state index in [0.29, 0.717) is 11.1 Å². The Morgan fingerprint density at radius 3 is 2.48 bits per heavy atom. The molecule has 1 aliphatic carbocycles. The summed E-state index contributed by atoms with van der Waals surface area (Å²) in [7, 11) is 0. The second kappa shape index (κ2) is 7.77. The van der Waals surface area contributed by atoms with Crippen LogP contribution in [0.25, 0.3) is 6.08 Å². The fourth-order valence-electron chi connectivity index (χ4n) is 2.31. The average Bonchev–Trinajstić information content (AvgIpc) is 3.46. The number of carbonyl (C=O) groups is 2. The molecular weight excluding hydrogens is 353 g/mol. The zero-order valence-corrected chi connectivity index (χ0v) is 14.1. The van der Waals surface area contributed by atoms with Crippen molar-refractivity contribution in [2.75, 3.05) is 5.32 Å². The summed E-state index contributed by atoms with van der Waals surface area (Å²) in [6, 6.07) is 9.82. The summed E-state index contributed by atoms with van der Waals surface area (Å²) in [6.07, 6.45) is 4.68. The Morgan fingerprint density at radius 1 is 1.15 bits per heavy atom. The maximum atomic E-state index is 13.7. The van der Waals surface area contributed by atoms with E-state index in [4.69, 9.17) is 0 Å². The first-order chi connectivity index (χ1) is 12.9. The Balaban J connectivity index is 1.62. The summed E-state index contributed by atoms with van der Waals surface area (Å²) in [5.41, 5.74) is 0.608. The van der Waals surface area contributed by atoms with Gasteiger partial charge in [0.15, 0.2) is 0 Å². The average molecular weight is 369 g/mol. The largest absolute Gasteiger partial charge is 0.349 e. The van der Waals surface area contributed by atoms with Gasteiger partial charge in [0.2, 0.25) is 5.91 Å². The van der Waals surface area contributed by atoms with Crippen LogP contribution in [-0.4, -0.2) is 22.8 Å². The minimum atomic E-state index is -0.770. The molecule has 8 heteroatoms. The molecule has 0 heterocycles. The van der Waals surface area contributed by atoms with Gasteiger partial charge in [-0.1, -0.05) is 12.1 Å². The zero-order chi connectivity index (χ0) is 19.4. The minimum Gasteiger partial charge on any atom is -0.349 e. The molecule has 1 saturated carbocycles. The maximum absolute atomic E-state index is 13.7. The Kier molecular flexibility index (Phi) is 5.25. The van der Waals surface area contributed by atoms with Crippen LogP contribution in [0.1, 0.15) is 28.8 Å². The molecule has 27 heavy (non-hydrogen) atoms. The van der Waals surface area contributed by atoms with Crippen LogP contribution in [0.15, 0.2) is 48.5 Å². The molecule has 7 nitrogen and oxygen atoms in total. The van der Waals surface area contributed by atoms with Crippen molar-refractivity contribution in [3.8, 4) is 0 Å². The molecular formula is C19H16FN3O4. The van der Waals surface area contributed by atoms with Crippen LogP contribution in [0, 0.1) is 15.9 Å². The van der Waals surface area contributed by atoms with Crippen molar-refractivity contribution in [2.24, 2.45) is 0 Å². The van der Waals surface area contributed by atoms with E-state index in [-0.39, 0.29) is 23.3 Å². The lowest BCUT2D eigenvalue weighted by Crippen LogP contribution is -2.25. The van der Waals surface area contributed by atoms with Crippen LogP contribution >= 0.6 is 0 Å². The van der Waals surface area contributed by atoms with Crippen molar-refractivity contribution >= 4 is 29.3 Å². The van der Waals surface area contributed by atoms with E-state index < -0.39 is 16.6 Å². The van der Waals surface area contributed by atoms with Crippen molar-refractivity contribution in [3.05, 3.63) is 75.6 Å². The Hall–Kier alpha value is -3.55. The van der Waals surface area contributed by atoms with E-state index in [1.165, 1.54) is 12.2 Å². The van der Waals surface area contributed by atoms with E-state index in [1.54, 1.807) is 24.3 Å². The molecule has 0 saturated heterocycles. The first-order valence-electron chi connectivity index (χ1n) is 8.26. The smallest absolute Gasteiger partial charge is 0.271 e. The third kappa shape index (κ3) is 4.97. The fraction of sp³-hybridized carbons (Fsp3) is 0.158. The second-order valence-electron chi connectivity index (χ2n) is 6.11. The molecule has 3 rings (SSSR count). The summed E-state index contributed by atoms with van der Waals surface area (Å²) >= 11 is 0. The molecule has 2 aromatic rings. The van der Waals surface area contributed by atoms with E-state index in [2.05, 4.69) is 10.6 Å². The number of amides is 2. The molecule has 0 atom stereocenters. The molecule has 1 aliphatic rings. The molecule has 0 radical (unpaired) electrons. The lowest BCUT2D eigenvalue weighted by atomic mass is 10.1. The highest BCUT2D eigenvalue weighted by Crippen LogP contribution is 2.21. The number of non-ortho nitro benzene ring substituents is 1. The Bertz CT molecular complexity index is 921. The number of nitro benzene ring substituents is 1. The fourth-order valence-corrected chi connectivity index (χ4v) is 2.31. The van der Waals surface area contributed by atoms with Gasteiger partial charge in [-0.25, -0.2) is 4.39 Å². The summed E-state index contributed by atoms with van der Waals surface area (Å²) in [5, 5.41) is 15.9. The molecule has 2 aromatic carbocycles. The number of hydrogen-bond donors (Lipinski definition) is 2. The van der Waals surface area contributed by atoms with Gasteiger partial charge in [0, 0.05) is 29.8 Å². The highest BCUT2D eigenvalue weighted by atomic mass is 19.1. The highest BCUT2D eigenvalue weighted by Gasteiger charge is 2.23. The van der Waals surface area contributed by atoms with E-state index in [9.17, 15) is 24.1 Å². The standard InChI is InChI=1S/C19H16FN3O4/c20-16-9-8-15(23(26)27)11-17(16)22-18(24)10-3-12-1-4-13(5-2-12)19(25)21-14-6-7-14/h1-5,8-11,14H,6-7H2,(H,21,25)(H,22,24). The number of carbonyl (C=O) groups excluding carboxylic acids is 2. The molecule has 1 fully saturated rings. The number of nitrogens with one attached hydrogen (secondary N) is 2. The van der Waals surface area contributed by atoms with Gasteiger partial charge >= 0.3 is 0 Å². The van der Waals surface area contributed by atoms with E-state index in [1.807, 2.05) is 0 Å². The predicted octanol–water partition coefficient (Wildman–Crippen LogP) is 3.28. The van der Waals surface area contributed by atoms with Gasteiger partial charge < -0.3 is 10.6 Å². The number of nitro groups is 1. The first kappa shape index (κ1) is 18.2. The van der Waals surface area contributed by atoms with Crippen molar-refractivity contribution in [3.63, 3.8) is 0 Å². The van der Waals surface area contributed by atoms with Crippen LogP contribution in [0.2, 0.25) is 0 Å². The summed E-state index contributed by atoms with van der Waals surface area (Å²) in [6.45, 7) is 0. The molecule has 0 unspecified atom stereocenters. The second-order valence-corrected chi connectivity index (χ2v) is 6.11. The highest BCUT2D eigenvalue weighted by molar-refractivity contribution is 6.02. The van der Waals surface area contributed by atoms with Crippen LogP contribution in [0.3, 0.4) is 0 Å². The van der Waals surface area contributed by atoms with Crippen LogP contribution < -0.4 is 10.6 Å². The van der Waals surface area contributed by atoms with Crippen LogP contribution in [0.4, 0.5) is 15.8 Å². The topological polar surface area (TPSA) is 101 Å². The van der Waals surface area contributed by atoms with Gasteiger partial charge in [0.25, 0.3) is 11.6 Å². The maximum Gasteiger partial charge on any atom is 0.271 e. The lowest BCUT2D eigenvalue weighted by molar-refractivity contribution is -0.384. The first-order valence-corrected chi connectivity index (χ1v) is 8.26. The van der Waals surface area contributed by atoms with Crippen LogP contribution in [0.5, 0.6) is 0 Å². The molecule has 138 valence electrons. The van der Waals surface area contributed by atoms with Crippen molar-refractivity contribution in [1.29, 1.82) is 0 Å². The number of halogens is 1. The van der Waals surface area contributed by atoms with E-state index >= 15 is 0 Å². The number of nitrogens with zero attached hydrogens (tertiary/aromatic N) is 1. The summed E-state index contributed by atoms with van der Waals surface area (Å²) < 4.78 is 13.7. The third-order valence-electron chi connectivity index (χ3n) is 3.93. The molecule has 0 aromatic heterocycles. The van der Waals surface area contributed by atoms with Crippen molar-refractivity contribution in [1.82, 2.24) is 5.32 Å². The van der Waals surface area contributed by atoms with Gasteiger partial charge in [-0.15, -0.1) is 0 Å². The number of rotatable bonds is 6. The monoisotopic (exact) mass is 369 g/mol. The Morgan fingerprint density at radius 2 is 1.85 bits per heavy atom. The molecule has 0 aliphatic heterocycles. The SMILES string of the molecule is O=C(C=Cc1ccc(C(=O)NC2CC2)cc1)Nc1cc([N+](=O)[O-])ccc1F. The number of hydrogen-bond acceptors (Lipinski definition) is 4.